The number of hydrazine groups is 1. The second-order valence-corrected chi connectivity index (χ2v) is 7.87. The summed E-state index contributed by atoms with van der Waals surface area (Å²) in [6.07, 6.45) is 2.29. The Morgan fingerprint density at radius 3 is 2.83 bits per heavy atom. The maximum atomic E-state index is 5.84. The monoisotopic (exact) mass is 344 g/mol. The lowest BCUT2D eigenvalue weighted by atomic mass is 9.98. The van der Waals surface area contributed by atoms with E-state index in [4.69, 9.17) is 15.9 Å². The van der Waals surface area contributed by atoms with Crippen molar-refractivity contribution in [2.75, 3.05) is 25.0 Å². The molecule has 1 saturated heterocycles. The van der Waals surface area contributed by atoms with E-state index in [1.807, 2.05) is 16.7 Å². The molecule has 3 aromatic rings. The predicted molar refractivity (Wildman–Crippen MR) is 100 cm³/mol. The first-order valence-corrected chi connectivity index (χ1v) is 9.31. The average molecular weight is 344 g/mol. The number of fused-ring (bicyclic) bond motifs is 3. The fraction of sp³-hybridized carbons (Fsp3) is 0.529. The molecule has 0 aliphatic carbocycles. The molecule has 1 aliphatic heterocycles. The topological polar surface area (TPSA) is 72.0 Å². The first-order chi connectivity index (χ1) is 11.5. The Kier molecular flexibility index (Phi) is 3.94. The number of nitrogens with one attached hydrogen (secondary N) is 1. The minimum absolute atomic E-state index is 0.665. The molecule has 0 spiro atoms. The number of anilines is 1. The summed E-state index contributed by atoms with van der Waals surface area (Å²) >= 11 is 1.74. The summed E-state index contributed by atoms with van der Waals surface area (Å²) in [6.45, 7) is 7.13. The van der Waals surface area contributed by atoms with Gasteiger partial charge in [-0.3, -0.25) is 10.5 Å². The van der Waals surface area contributed by atoms with Crippen LogP contribution in [0.15, 0.2) is 6.07 Å². The maximum absolute atomic E-state index is 5.84. The van der Waals surface area contributed by atoms with E-state index in [2.05, 4.69) is 25.2 Å². The van der Waals surface area contributed by atoms with Crippen LogP contribution in [0.4, 0.5) is 5.82 Å². The molecule has 7 heteroatoms. The van der Waals surface area contributed by atoms with Crippen LogP contribution in [-0.4, -0.2) is 39.4 Å². The van der Waals surface area contributed by atoms with Gasteiger partial charge >= 0.3 is 0 Å². The van der Waals surface area contributed by atoms with Crippen LogP contribution in [0.3, 0.4) is 0 Å². The number of piperidine rings is 1. The van der Waals surface area contributed by atoms with Gasteiger partial charge in [-0.15, -0.1) is 11.3 Å². The zero-order chi connectivity index (χ0) is 16.8. The molecule has 4 heterocycles. The zero-order valence-corrected chi connectivity index (χ0v) is 15.3. The van der Waals surface area contributed by atoms with Crippen LogP contribution in [0, 0.1) is 19.8 Å². The van der Waals surface area contributed by atoms with Gasteiger partial charge in [0.2, 0.25) is 0 Å². The minimum atomic E-state index is 0.665. The third kappa shape index (κ3) is 2.66. The molecule has 1 aliphatic rings. The predicted octanol–water partition coefficient (Wildman–Crippen LogP) is 2.80. The Labute approximate surface area is 145 Å². The summed E-state index contributed by atoms with van der Waals surface area (Å²) < 4.78 is 3.20. The molecule has 6 nitrogen and oxygen atoms in total. The Balaban J connectivity index is 1.65. The molecule has 0 unspecified atom stereocenters. The number of aryl methyl sites for hydroxylation is 3. The molecule has 3 N–H and O–H groups in total. The highest BCUT2D eigenvalue weighted by Crippen LogP contribution is 2.38. The number of rotatable bonds is 3. The highest BCUT2D eigenvalue weighted by atomic mass is 32.1. The molecule has 1 fully saturated rings. The highest BCUT2D eigenvalue weighted by molar-refractivity contribution is 7.26. The number of aromatic nitrogens is 3. The van der Waals surface area contributed by atoms with Crippen LogP contribution in [0.2, 0.25) is 0 Å². The van der Waals surface area contributed by atoms with Crippen LogP contribution in [0.1, 0.15) is 24.1 Å². The lowest BCUT2D eigenvalue weighted by molar-refractivity contribution is 0.193. The smallest absolute Gasteiger partial charge is 0.166 e. The Morgan fingerprint density at radius 1 is 1.33 bits per heavy atom. The van der Waals surface area contributed by atoms with E-state index in [-0.39, 0.29) is 0 Å². The SMILES string of the molecule is Cc1cc(C)c2c(n1)sc1c(NCC3CCN(N)CC3)nn(C)c12. The first-order valence-electron chi connectivity index (χ1n) is 8.50. The minimum Gasteiger partial charge on any atom is -0.367 e. The van der Waals surface area contributed by atoms with Gasteiger partial charge in [0.15, 0.2) is 5.82 Å². The Morgan fingerprint density at radius 2 is 2.08 bits per heavy atom. The van der Waals surface area contributed by atoms with E-state index in [1.54, 1.807) is 11.3 Å². The molecule has 128 valence electrons. The normalized spacial score (nSPS) is 17.2. The van der Waals surface area contributed by atoms with Crippen LogP contribution < -0.4 is 11.2 Å². The summed E-state index contributed by atoms with van der Waals surface area (Å²) in [5.74, 6) is 7.50. The molecule has 0 aromatic carbocycles. The highest BCUT2D eigenvalue weighted by Gasteiger charge is 2.20. The number of nitrogens with two attached hydrogens (primary N) is 1. The van der Waals surface area contributed by atoms with Gasteiger partial charge in [0.05, 0.1) is 10.2 Å². The molecule has 3 aromatic heterocycles. The average Bonchev–Trinajstić information content (AvgIpc) is 3.05. The quantitative estimate of drug-likeness (QED) is 0.715. The van der Waals surface area contributed by atoms with Crippen LogP contribution in [0.25, 0.3) is 20.4 Å². The Bertz CT molecular complexity index is 888. The largest absolute Gasteiger partial charge is 0.367 e. The molecule has 0 saturated carbocycles. The summed E-state index contributed by atoms with van der Waals surface area (Å²) in [5.41, 5.74) is 3.54. The fourth-order valence-electron chi connectivity index (χ4n) is 3.65. The summed E-state index contributed by atoms with van der Waals surface area (Å²) in [7, 11) is 2.02. The van der Waals surface area contributed by atoms with Gasteiger partial charge in [0.1, 0.15) is 4.83 Å². The van der Waals surface area contributed by atoms with Gasteiger partial charge in [-0.05, 0) is 44.2 Å². The molecule has 4 rings (SSSR count). The van der Waals surface area contributed by atoms with Gasteiger partial charge in [0, 0.05) is 37.8 Å². The summed E-state index contributed by atoms with van der Waals surface area (Å²) in [5, 5.41) is 11.4. The van der Waals surface area contributed by atoms with Crippen molar-refractivity contribution < 1.29 is 0 Å². The van der Waals surface area contributed by atoms with E-state index < -0.39 is 0 Å². The first kappa shape index (κ1) is 15.8. The molecular weight excluding hydrogens is 320 g/mol. The molecule has 24 heavy (non-hydrogen) atoms. The van der Waals surface area contributed by atoms with Crippen molar-refractivity contribution in [3.05, 3.63) is 17.3 Å². The fourth-order valence-corrected chi connectivity index (χ4v) is 4.93. The second kappa shape index (κ2) is 5.98. The van der Waals surface area contributed by atoms with E-state index in [1.165, 1.54) is 21.2 Å². The van der Waals surface area contributed by atoms with Crippen molar-refractivity contribution in [1.29, 1.82) is 0 Å². The van der Waals surface area contributed by atoms with E-state index in [9.17, 15) is 0 Å². The number of nitrogens with zero attached hydrogens (tertiary/aromatic N) is 4. The zero-order valence-electron chi connectivity index (χ0n) is 14.5. The van der Waals surface area contributed by atoms with Crippen LogP contribution >= 0.6 is 11.3 Å². The maximum Gasteiger partial charge on any atom is 0.166 e. The van der Waals surface area contributed by atoms with Crippen LogP contribution in [0.5, 0.6) is 0 Å². The van der Waals surface area contributed by atoms with Crippen LogP contribution in [-0.2, 0) is 7.05 Å². The van der Waals surface area contributed by atoms with E-state index >= 15 is 0 Å². The number of thiophene rings is 1. The lowest BCUT2D eigenvalue weighted by Crippen LogP contribution is -2.40. The van der Waals surface area contributed by atoms with Gasteiger partial charge in [-0.1, -0.05) is 0 Å². The number of hydrogen-bond acceptors (Lipinski definition) is 6. The van der Waals surface area contributed by atoms with Crippen molar-refractivity contribution in [3.8, 4) is 0 Å². The van der Waals surface area contributed by atoms with Crippen molar-refractivity contribution in [1.82, 2.24) is 19.8 Å². The Hall–Kier alpha value is -1.70. The van der Waals surface area contributed by atoms with Crippen molar-refractivity contribution in [2.45, 2.75) is 26.7 Å². The standard InChI is InChI=1S/C17H24N6S/c1-10-8-11(2)20-17-13(10)14-15(24-17)16(21-22(14)3)19-9-12-4-6-23(18)7-5-12/h8,12H,4-7,9,18H2,1-3H3,(H,19,21). The number of pyridine rings is 1. The lowest BCUT2D eigenvalue weighted by Gasteiger charge is -2.28. The van der Waals surface area contributed by atoms with Crippen molar-refractivity contribution in [2.24, 2.45) is 18.8 Å². The third-order valence-corrected chi connectivity index (χ3v) is 6.04. The van der Waals surface area contributed by atoms with Gasteiger partial charge < -0.3 is 5.32 Å². The number of hydrogen-bond donors (Lipinski definition) is 2. The molecule has 0 bridgehead atoms. The van der Waals surface area contributed by atoms with E-state index in [0.29, 0.717) is 5.92 Å². The van der Waals surface area contributed by atoms with Gasteiger partial charge in [0.25, 0.3) is 0 Å². The van der Waals surface area contributed by atoms with Gasteiger partial charge in [-0.2, -0.15) is 5.10 Å². The van der Waals surface area contributed by atoms with Gasteiger partial charge in [-0.25, -0.2) is 9.99 Å². The second-order valence-electron chi connectivity index (χ2n) is 6.87. The van der Waals surface area contributed by atoms with Crippen molar-refractivity contribution >= 4 is 37.6 Å². The molecule has 0 amide bonds. The summed E-state index contributed by atoms with van der Waals surface area (Å²) in [6, 6.07) is 2.15. The van der Waals surface area contributed by atoms with E-state index in [0.717, 1.165) is 48.8 Å². The molecular formula is C17H24N6S. The summed E-state index contributed by atoms with van der Waals surface area (Å²) in [4.78, 5) is 5.82. The molecule has 0 atom stereocenters. The third-order valence-electron chi connectivity index (χ3n) is 4.96. The molecule has 0 radical (unpaired) electrons. The van der Waals surface area contributed by atoms with Crippen molar-refractivity contribution in [3.63, 3.8) is 0 Å².